The maximum absolute atomic E-state index is 11.4. The summed E-state index contributed by atoms with van der Waals surface area (Å²) in [5.41, 5.74) is 6.57. The molecule has 0 aromatic heterocycles. The van der Waals surface area contributed by atoms with Gasteiger partial charge in [0.25, 0.3) is 0 Å². The number of rotatable bonds is 4. The predicted molar refractivity (Wildman–Crippen MR) is 82.5 cm³/mol. The number of ether oxygens (including phenoxy) is 1. The van der Waals surface area contributed by atoms with Crippen LogP contribution in [-0.2, 0) is 11.3 Å². The summed E-state index contributed by atoms with van der Waals surface area (Å²) in [6.07, 6.45) is 1.90. The molecule has 1 fully saturated rings. The molecule has 20 heavy (non-hydrogen) atoms. The number of amides is 1. The average molecular weight is 341 g/mol. The Bertz CT molecular complexity index is 493. The molecule has 2 rings (SSSR count). The van der Waals surface area contributed by atoms with E-state index in [9.17, 15) is 4.79 Å². The standard InChI is InChI=1S/C15H21BrN2O2/c1-10-3-4-11(15(17)19)8-18(10)9-12-7-13(16)5-6-14(12)20-2/h5-7,10-11H,3-4,8-9H2,1-2H3,(H2,17,19). The summed E-state index contributed by atoms with van der Waals surface area (Å²) in [7, 11) is 1.68. The molecule has 0 saturated carbocycles. The summed E-state index contributed by atoms with van der Waals surface area (Å²) in [6, 6.07) is 6.45. The fourth-order valence-electron chi connectivity index (χ4n) is 2.72. The van der Waals surface area contributed by atoms with Crippen LogP contribution in [0.25, 0.3) is 0 Å². The van der Waals surface area contributed by atoms with Gasteiger partial charge in [0.05, 0.1) is 13.0 Å². The number of nitrogens with two attached hydrogens (primary N) is 1. The van der Waals surface area contributed by atoms with Crippen LogP contribution in [-0.4, -0.2) is 30.5 Å². The second-order valence-corrected chi connectivity index (χ2v) is 6.33. The summed E-state index contributed by atoms with van der Waals surface area (Å²) in [5, 5.41) is 0. The van der Waals surface area contributed by atoms with Crippen molar-refractivity contribution in [3.8, 4) is 5.75 Å². The molecule has 1 aromatic rings. The molecule has 0 radical (unpaired) electrons. The summed E-state index contributed by atoms with van der Waals surface area (Å²) in [6.45, 7) is 3.70. The highest BCUT2D eigenvalue weighted by molar-refractivity contribution is 9.10. The fraction of sp³-hybridized carbons (Fsp3) is 0.533. The van der Waals surface area contributed by atoms with E-state index < -0.39 is 0 Å². The topological polar surface area (TPSA) is 55.6 Å². The van der Waals surface area contributed by atoms with Crippen molar-refractivity contribution in [3.05, 3.63) is 28.2 Å². The zero-order chi connectivity index (χ0) is 14.7. The number of hydrogen-bond donors (Lipinski definition) is 1. The average Bonchev–Trinajstić information content (AvgIpc) is 2.41. The maximum atomic E-state index is 11.4. The molecule has 5 heteroatoms. The van der Waals surface area contributed by atoms with Gasteiger partial charge >= 0.3 is 0 Å². The van der Waals surface area contributed by atoms with Crippen molar-refractivity contribution in [3.63, 3.8) is 0 Å². The third-order valence-electron chi connectivity index (χ3n) is 4.03. The van der Waals surface area contributed by atoms with Crippen LogP contribution in [0.15, 0.2) is 22.7 Å². The normalized spacial score (nSPS) is 23.6. The first-order chi connectivity index (χ1) is 9.51. The third-order valence-corrected chi connectivity index (χ3v) is 4.52. The number of halogens is 1. The lowest BCUT2D eigenvalue weighted by Gasteiger charge is -2.37. The Hall–Kier alpha value is -1.07. The van der Waals surface area contributed by atoms with Crippen LogP contribution in [0.1, 0.15) is 25.3 Å². The van der Waals surface area contributed by atoms with Gasteiger partial charge < -0.3 is 10.5 Å². The summed E-state index contributed by atoms with van der Waals surface area (Å²) in [4.78, 5) is 13.7. The molecule has 2 N–H and O–H groups in total. The van der Waals surface area contributed by atoms with E-state index in [0.29, 0.717) is 6.04 Å². The van der Waals surface area contributed by atoms with Crippen LogP contribution in [0, 0.1) is 5.92 Å². The molecule has 4 nitrogen and oxygen atoms in total. The van der Waals surface area contributed by atoms with Gasteiger partial charge in [0.15, 0.2) is 0 Å². The van der Waals surface area contributed by atoms with Crippen molar-refractivity contribution in [2.75, 3.05) is 13.7 Å². The largest absolute Gasteiger partial charge is 0.496 e. The SMILES string of the molecule is COc1ccc(Br)cc1CN1CC(C(N)=O)CCC1C. The number of methoxy groups -OCH3 is 1. The Balaban J connectivity index is 2.15. The maximum Gasteiger partial charge on any atom is 0.221 e. The summed E-state index contributed by atoms with van der Waals surface area (Å²) in [5.74, 6) is 0.647. The van der Waals surface area contributed by atoms with Gasteiger partial charge in [-0.25, -0.2) is 0 Å². The van der Waals surface area contributed by atoms with Crippen molar-refractivity contribution >= 4 is 21.8 Å². The number of carbonyl (C=O) groups is 1. The van der Waals surface area contributed by atoms with Gasteiger partial charge in [-0.1, -0.05) is 15.9 Å². The monoisotopic (exact) mass is 340 g/mol. The molecule has 2 atom stereocenters. The third kappa shape index (κ3) is 3.52. The van der Waals surface area contributed by atoms with E-state index in [1.165, 1.54) is 0 Å². The molecule has 1 aromatic carbocycles. The number of benzene rings is 1. The van der Waals surface area contributed by atoms with Gasteiger partial charge in [0.1, 0.15) is 5.75 Å². The number of likely N-dealkylation sites (tertiary alicyclic amines) is 1. The van der Waals surface area contributed by atoms with Crippen molar-refractivity contribution in [1.29, 1.82) is 0 Å². The fourth-order valence-corrected chi connectivity index (χ4v) is 3.13. The lowest BCUT2D eigenvalue weighted by atomic mass is 9.92. The molecule has 1 heterocycles. The highest BCUT2D eigenvalue weighted by Gasteiger charge is 2.29. The Morgan fingerprint density at radius 1 is 1.50 bits per heavy atom. The first-order valence-corrected chi connectivity index (χ1v) is 7.66. The van der Waals surface area contributed by atoms with E-state index in [-0.39, 0.29) is 11.8 Å². The van der Waals surface area contributed by atoms with E-state index in [4.69, 9.17) is 10.5 Å². The van der Waals surface area contributed by atoms with Crippen LogP contribution in [0.2, 0.25) is 0 Å². The first kappa shape index (κ1) is 15.3. The quantitative estimate of drug-likeness (QED) is 0.916. The Labute approximate surface area is 128 Å². The molecule has 2 unspecified atom stereocenters. The lowest BCUT2D eigenvalue weighted by molar-refractivity contribution is -0.124. The van der Waals surface area contributed by atoms with Gasteiger partial charge in [-0.3, -0.25) is 9.69 Å². The second-order valence-electron chi connectivity index (χ2n) is 5.41. The number of piperidine rings is 1. The Morgan fingerprint density at radius 2 is 2.25 bits per heavy atom. The zero-order valence-electron chi connectivity index (χ0n) is 11.9. The molecular weight excluding hydrogens is 320 g/mol. The first-order valence-electron chi connectivity index (χ1n) is 6.87. The van der Waals surface area contributed by atoms with Crippen molar-refractivity contribution in [2.45, 2.75) is 32.4 Å². The van der Waals surface area contributed by atoms with Crippen molar-refractivity contribution < 1.29 is 9.53 Å². The predicted octanol–water partition coefficient (Wildman–Crippen LogP) is 2.54. The van der Waals surface area contributed by atoms with Crippen molar-refractivity contribution in [1.82, 2.24) is 4.90 Å². The Kier molecular flexibility index (Phi) is 5.05. The molecule has 1 saturated heterocycles. The lowest BCUT2D eigenvalue weighted by Crippen LogP contribution is -2.45. The minimum absolute atomic E-state index is 0.0376. The van der Waals surface area contributed by atoms with Crippen molar-refractivity contribution in [2.24, 2.45) is 11.7 Å². The molecule has 1 aliphatic heterocycles. The minimum Gasteiger partial charge on any atom is -0.496 e. The molecule has 110 valence electrons. The van der Waals surface area contributed by atoms with Crippen LogP contribution in [0.3, 0.4) is 0 Å². The zero-order valence-corrected chi connectivity index (χ0v) is 13.5. The van der Waals surface area contributed by atoms with E-state index in [2.05, 4.69) is 33.8 Å². The molecule has 0 bridgehead atoms. The summed E-state index contributed by atoms with van der Waals surface area (Å²) >= 11 is 3.49. The molecule has 0 spiro atoms. The summed E-state index contributed by atoms with van der Waals surface area (Å²) < 4.78 is 6.44. The van der Waals surface area contributed by atoms with Crippen LogP contribution in [0.5, 0.6) is 5.75 Å². The van der Waals surface area contributed by atoms with Gasteiger partial charge in [0, 0.05) is 29.2 Å². The smallest absolute Gasteiger partial charge is 0.221 e. The minimum atomic E-state index is -0.192. The number of primary amides is 1. The molecule has 0 aliphatic carbocycles. The number of carbonyl (C=O) groups excluding carboxylic acids is 1. The van der Waals surface area contributed by atoms with Crippen LogP contribution >= 0.6 is 15.9 Å². The van der Waals surface area contributed by atoms with Crippen LogP contribution < -0.4 is 10.5 Å². The molecular formula is C15H21BrN2O2. The van der Waals surface area contributed by atoms with Gasteiger partial charge in [-0.2, -0.15) is 0 Å². The Morgan fingerprint density at radius 3 is 2.90 bits per heavy atom. The van der Waals surface area contributed by atoms with E-state index >= 15 is 0 Å². The second kappa shape index (κ2) is 6.59. The molecule has 1 aliphatic rings. The highest BCUT2D eigenvalue weighted by atomic mass is 79.9. The van der Waals surface area contributed by atoms with Gasteiger partial charge in [-0.15, -0.1) is 0 Å². The van der Waals surface area contributed by atoms with E-state index in [1.54, 1.807) is 7.11 Å². The highest BCUT2D eigenvalue weighted by Crippen LogP contribution is 2.28. The number of nitrogens with zero attached hydrogens (tertiary/aromatic N) is 1. The van der Waals surface area contributed by atoms with Crippen LogP contribution in [0.4, 0.5) is 0 Å². The molecule has 1 amide bonds. The van der Waals surface area contributed by atoms with Gasteiger partial charge in [0.2, 0.25) is 5.91 Å². The van der Waals surface area contributed by atoms with E-state index in [1.807, 2.05) is 12.1 Å². The number of hydrogen-bond acceptors (Lipinski definition) is 3. The van der Waals surface area contributed by atoms with Gasteiger partial charge in [-0.05, 0) is 38.0 Å². The van der Waals surface area contributed by atoms with E-state index in [0.717, 1.165) is 41.7 Å².